The van der Waals surface area contributed by atoms with Crippen LogP contribution in [0.5, 0.6) is 17.2 Å². The number of carbonyl (C=O) groups excluding carboxylic acids is 1. The van der Waals surface area contributed by atoms with E-state index in [0.29, 0.717) is 0 Å². The summed E-state index contributed by atoms with van der Waals surface area (Å²) in [5, 5.41) is 9.28. The molecule has 0 saturated carbocycles. The molecule has 4 rings (SSSR count). The van der Waals surface area contributed by atoms with Crippen molar-refractivity contribution in [2.45, 2.75) is 12.8 Å². The van der Waals surface area contributed by atoms with Crippen molar-refractivity contribution >= 4 is 16.9 Å². The van der Waals surface area contributed by atoms with E-state index in [9.17, 15) is 27.9 Å². The van der Waals surface area contributed by atoms with Crippen LogP contribution >= 0.6 is 0 Å². The Labute approximate surface area is 184 Å². The third-order valence-corrected chi connectivity index (χ3v) is 4.61. The Morgan fingerprint density at radius 1 is 0.970 bits per heavy atom. The number of fused-ring (bicyclic) bond motifs is 1. The first kappa shape index (κ1) is 21.9. The van der Waals surface area contributed by atoms with E-state index in [1.165, 1.54) is 24.3 Å². The van der Waals surface area contributed by atoms with Gasteiger partial charge in [0.1, 0.15) is 23.7 Å². The van der Waals surface area contributed by atoms with Crippen LogP contribution in [-0.2, 0) is 17.5 Å². The molecular weight excluding hydrogens is 441 g/mol. The highest BCUT2D eigenvalue weighted by Crippen LogP contribution is 2.38. The number of phenolic OH excluding ortho intramolecular Hbond substituents is 1. The first-order chi connectivity index (χ1) is 15.7. The first-order valence-electron chi connectivity index (χ1n) is 9.58. The summed E-state index contributed by atoms with van der Waals surface area (Å²) >= 11 is 0. The van der Waals surface area contributed by atoms with Crippen molar-refractivity contribution in [3.63, 3.8) is 0 Å². The van der Waals surface area contributed by atoms with E-state index in [1.54, 1.807) is 24.3 Å². The number of esters is 1. The minimum absolute atomic E-state index is 0.0561. The molecule has 6 nitrogen and oxygen atoms in total. The van der Waals surface area contributed by atoms with Crippen molar-refractivity contribution in [2.75, 3.05) is 0 Å². The standard InChI is InChI=1S/C24H15F3O6/c25-24(26,27)22-21(20(29)18-11-8-16(28)12-19(18)33-22)32-17-9-6-15(7-10-17)23(30)31-13-14-4-2-1-3-5-14/h1-12,28H,13H2. The molecule has 1 aromatic heterocycles. The number of aromatic hydroxyl groups is 1. The molecule has 0 aliphatic heterocycles. The van der Waals surface area contributed by atoms with Gasteiger partial charge in [-0.15, -0.1) is 0 Å². The molecule has 9 heteroatoms. The van der Waals surface area contributed by atoms with Crippen molar-refractivity contribution in [1.82, 2.24) is 0 Å². The van der Waals surface area contributed by atoms with E-state index < -0.39 is 34.7 Å². The maximum atomic E-state index is 13.5. The SMILES string of the molecule is O=C(OCc1ccccc1)c1ccc(Oc2c(C(F)(F)F)oc3cc(O)ccc3c2=O)cc1. The fraction of sp³-hybridized carbons (Fsp3) is 0.0833. The zero-order chi connectivity index (χ0) is 23.6. The summed E-state index contributed by atoms with van der Waals surface area (Å²) in [6.07, 6.45) is -5.03. The Bertz CT molecular complexity index is 1360. The second-order valence-corrected chi connectivity index (χ2v) is 6.96. The van der Waals surface area contributed by atoms with Crippen molar-refractivity contribution in [3.8, 4) is 17.2 Å². The maximum Gasteiger partial charge on any atom is 0.453 e. The van der Waals surface area contributed by atoms with Gasteiger partial charge in [-0.25, -0.2) is 4.79 Å². The van der Waals surface area contributed by atoms with Crippen LogP contribution < -0.4 is 10.2 Å². The second-order valence-electron chi connectivity index (χ2n) is 6.96. The van der Waals surface area contributed by atoms with E-state index in [1.807, 2.05) is 6.07 Å². The molecule has 0 aliphatic rings. The minimum Gasteiger partial charge on any atom is -0.508 e. The Kier molecular flexibility index (Phi) is 5.78. The average Bonchev–Trinajstić information content (AvgIpc) is 2.79. The topological polar surface area (TPSA) is 86.0 Å². The van der Waals surface area contributed by atoms with E-state index in [2.05, 4.69) is 0 Å². The van der Waals surface area contributed by atoms with Crippen LogP contribution in [0.1, 0.15) is 21.7 Å². The van der Waals surface area contributed by atoms with Gasteiger partial charge in [0, 0.05) is 6.07 Å². The van der Waals surface area contributed by atoms with Crippen LogP contribution in [-0.4, -0.2) is 11.1 Å². The van der Waals surface area contributed by atoms with Crippen LogP contribution in [0, 0.1) is 0 Å². The predicted molar refractivity (Wildman–Crippen MR) is 111 cm³/mol. The van der Waals surface area contributed by atoms with Crippen LogP contribution in [0.25, 0.3) is 11.0 Å². The monoisotopic (exact) mass is 456 g/mol. The van der Waals surface area contributed by atoms with E-state index in [4.69, 9.17) is 13.9 Å². The minimum atomic E-state index is -5.03. The van der Waals surface area contributed by atoms with Gasteiger partial charge in [-0.1, -0.05) is 30.3 Å². The van der Waals surface area contributed by atoms with E-state index in [0.717, 1.165) is 23.8 Å². The predicted octanol–water partition coefficient (Wildman–Crippen LogP) is 5.67. The number of hydrogen-bond acceptors (Lipinski definition) is 6. The van der Waals surface area contributed by atoms with Gasteiger partial charge in [0.05, 0.1) is 10.9 Å². The molecule has 0 spiro atoms. The summed E-state index contributed by atoms with van der Waals surface area (Å²) in [5.41, 5.74) is -0.553. The third kappa shape index (κ3) is 4.82. The van der Waals surface area contributed by atoms with Gasteiger partial charge >= 0.3 is 12.1 Å². The molecule has 0 unspecified atom stereocenters. The molecule has 4 aromatic rings. The van der Waals surface area contributed by atoms with E-state index in [-0.39, 0.29) is 29.1 Å². The molecule has 1 heterocycles. The summed E-state index contributed by atoms with van der Waals surface area (Å²) in [7, 11) is 0. The molecule has 0 fully saturated rings. The van der Waals surface area contributed by atoms with Crippen molar-refractivity contribution in [2.24, 2.45) is 0 Å². The fourth-order valence-electron chi connectivity index (χ4n) is 3.03. The van der Waals surface area contributed by atoms with Crippen LogP contribution in [0.3, 0.4) is 0 Å². The summed E-state index contributed by atoms with van der Waals surface area (Å²) in [6, 6.07) is 17.3. The lowest BCUT2D eigenvalue weighted by Gasteiger charge is -2.13. The van der Waals surface area contributed by atoms with E-state index >= 15 is 0 Å². The zero-order valence-electron chi connectivity index (χ0n) is 16.8. The maximum absolute atomic E-state index is 13.5. The first-order valence-corrected chi connectivity index (χ1v) is 9.58. The number of halogens is 3. The number of alkyl halides is 3. The molecular formula is C24H15F3O6. The molecule has 0 atom stereocenters. The lowest BCUT2D eigenvalue weighted by atomic mass is 10.2. The molecule has 0 bridgehead atoms. The molecule has 0 amide bonds. The number of ether oxygens (including phenoxy) is 2. The Morgan fingerprint density at radius 2 is 1.67 bits per heavy atom. The largest absolute Gasteiger partial charge is 0.508 e. The van der Waals surface area contributed by atoms with Crippen molar-refractivity contribution in [3.05, 3.63) is 99.9 Å². The molecule has 0 saturated heterocycles. The summed E-state index contributed by atoms with van der Waals surface area (Å²) in [5.74, 6) is -3.81. The highest BCUT2D eigenvalue weighted by atomic mass is 19.4. The number of hydrogen-bond donors (Lipinski definition) is 1. The van der Waals surface area contributed by atoms with Gasteiger partial charge in [0.15, 0.2) is 0 Å². The van der Waals surface area contributed by atoms with Crippen LogP contribution in [0.2, 0.25) is 0 Å². The smallest absolute Gasteiger partial charge is 0.453 e. The quantitative estimate of drug-likeness (QED) is 0.390. The van der Waals surface area contributed by atoms with Crippen molar-refractivity contribution < 1.29 is 37.0 Å². The summed E-state index contributed by atoms with van der Waals surface area (Å²) < 4.78 is 55.8. The molecule has 3 aromatic carbocycles. The summed E-state index contributed by atoms with van der Waals surface area (Å²) in [6.45, 7) is 0.0561. The Balaban J connectivity index is 1.59. The van der Waals surface area contributed by atoms with Crippen molar-refractivity contribution in [1.29, 1.82) is 0 Å². The Hall–Kier alpha value is -4.27. The fourth-order valence-corrected chi connectivity index (χ4v) is 3.03. The molecule has 168 valence electrons. The number of phenols is 1. The van der Waals surface area contributed by atoms with Crippen LogP contribution in [0.4, 0.5) is 13.2 Å². The second kappa shape index (κ2) is 8.70. The Morgan fingerprint density at radius 3 is 2.33 bits per heavy atom. The van der Waals surface area contributed by atoms with Gasteiger partial charge in [-0.3, -0.25) is 4.79 Å². The highest BCUT2D eigenvalue weighted by molar-refractivity contribution is 5.89. The zero-order valence-corrected chi connectivity index (χ0v) is 16.8. The van der Waals surface area contributed by atoms with Gasteiger partial charge in [-0.05, 0) is 42.0 Å². The van der Waals surface area contributed by atoms with Gasteiger partial charge in [-0.2, -0.15) is 13.2 Å². The van der Waals surface area contributed by atoms with Gasteiger partial charge in [0.2, 0.25) is 11.2 Å². The summed E-state index contributed by atoms with van der Waals surface area (Å²) in [4.78, 5) is 24.9. The molecule has 0 aliphatic carbocycles. The number of rotatable bonds is 5. The van der Waals surface area contributed by atoms with Gasteiger partial charge in [0.25, 0.3) is 5.76 Å². The molecule has 0 radical (unpaired) electrons. The average molecular weight is 456 g/mol. The highest BCUT2D eigenvalue weighted by Gasteiger charge is 2.40. The normalized spacial score (nSPS) is 11.4. The molecule has 1 N–H and O–H groups in total. The van der Waals surface area contributed by atoms with Gasteiger partial charge < -0.3 is 19.0 Å². The lowest BCUT2D eigenvalue weighted by molar-refractivity contribution is -0.154. The lowest BCUT2D eigenvalue weighted by Crippen LogP contribution is -2.15. The number of benzene rings is 3. The van der Waals surface area contributed by atoms with Crippen LogP contribution in [0.15, 0.2) is 82.0 Å². The third-order valence-electron chi connectivity index (χ3n) is 4.61. The number of carbonyl (C=O) groups is 1. The molecule has 33 heavy (non-hydrogen) atoms.